The van der Waals surface area contributed by atoms with Crippen LogP contribution in [0.3, 0.4) is 0 Å². The molecule has 0 saturated carbocycles. The second kappa shape index (κ2) is 3.32. The van der Waals surface area contributed by atoms with Gasteiger partial charge in [-0.2, -0.15) is 0 Å². The van der Waals surface area contributed by atoms with Crippen molar-refractivity contribution < 1.29 is 12.8 Å². The highest BCUT2D eigenvalue weighted by Crippen LogP contribution is 2.23. The van der Waals surface area contributed by atoms with Gasteiger partial charge in [0.15, 0.2) is 0 Å². The van der Waals surface area contributed by atoms with Gasteiger partial charge in [-0.15, -0.1) is 0 Å². The highest BCUT2D eigenvalue weighted by molar-refractivity contribution is 8.13. The Morgan fingerprint density at radius 2 is 2.08 bits per heavy atom. The van der Waals surface area contributed by atoms with Crippen LogP contribution in [-0.2, 0) is 9.05 Å². The lowest BCUT2D eigenvalue weighted by molar-refractivity contribution is 0.608. The normalized spacial score (nSPS) is 10.8. The molecule has 6 heteroatoms. The summed E-state index contributed by atoms with van der Waals surface area (Å²) in [6, 6.07) is 2.79. The highest BCUT2D eigenvalue weighted by Gasteiger charge is 2.12. The molecule has 1 aromatic rings. The van der Waals surface area contributed by atoms with Crippen LogP contribution in [0.15, 0.2) is 23.1 Å². The average Bonchev–Trinajstić information content (AvgIpc) is 2.03. The molecule has 0 aliphatic heterocycles. The van der Waals surface area contributed by atoms with E-state index in [-0.39, 0.29) is 10.6 Å². The van der Waals surface area contributed by atoms with E-state index in [0.717, 1.165) is 18.2 Å². The van der Waals surface area contributed by atoms with Crippen LogP contribution in [0.2, 0.25) is 0 Å². The molecule has 1 aromatic carbocycles. The van der Waals surface area contributed by atoms with Gasteiger partial charge >= 0.3 is 0 Å². The summed E-state index contributed by atoms with van der Waals surface area (Å²) in [6.45, 7) is 6.53. The van der Waals surface area contributed by atoms with Crippen LogP contribution in [0.4, 0.5) is 10.1 Å². The predicted octanol–water partition coefficient (Wildman–Crippen LogP) is 2.30. The maximum Gasteiger partial charge on any atom is 0.260 e. The molecule has 0 fully saturated rings. The van der Waals surface area contributed by atoms with Crippen LogP contribution in [0, 0.1) is 12.4 Å². The average molecular weight is 220 g/mol. The molecule has 0 aliphatic rings. The number of hydrogen-bond donors (Lipinski definition) is 0. The second-order valence-corrected chi connectivity index (χ2v) is 4.73. The number of nitrogens with zero attached hydrogens (tertiary/aromatic N) is 1. The largest absolute Gasteiger partial charge is 0.260 e. The van der Waals surface area contributed by atoms with Gasteiger partial charge in [0.05, 0.1) is 11.5 Å². The number of benzene rings is 1. The fourth-order valence-corrected chi connectivity index (χ4v) is 1.50. The van der Waals surface area contributed by atoms with Gasteiger partial charge in [0.2, 0.25) is 5.69 Å². The minimum Gasteiger partial charge on any atom is -0.235 e. The summed E-state index contributed by atoms with van der Waals surface area (Å²) in [7, 11) is 1.10. The fraction of sp³-hybridized carbons (Fsp3) is 0. The molecule has 0 spiro atoms. The third kappa shape index (κ3) is 2.17. The lowest BCUT2D eigenvalue weighted by Crippen LogP contribution is -1.90. The van der Waals surface area contributed by atoms with Crippen molar-refractivity contribution in [2.75, 3.05) is 0 Å². The summed E-state index contributed by atoms with van der Waals surface area (Å²) in [6.07, 6.45) is 0. The molecule has 68 valence electrons. The standard InChI is InChI=1S/C7H3ClFNO2S/c1-10-7-4-5(13(8,11)12)2-3-6(7)9/h2-4H. The summed E-state index contributed by atoms with van der Waals surface area (Å²) in [5.41, 5.74) is -0.360. The van der Waals surface area contributed by atoms with E-state index in [1.54, 1.807) is 0 Å². The van der Waals surface area contributed by atoms with E-state index in [9.17, 15) is 12.8 Å². The minimum absolute atomic E-state index is 0.276. The lowest BCUT2D eigenvalue weighted by Gasteiger charge is -1.97. The smallest absolute Gasteiger partial charge is 0.235 e. The molecule has 0 atom stereocenters. The van der Waals surface area contributed by atoms with Crippen molar-refractivity contribution in [1.29, 1.82) is 0 Å². The summed E-state index contributed by atoms with van der Waals surface area (Å²) in [5, 5.41) is 0. The molecule has 3 nitrogen and oxygen atoms in total. The van der Waals surface area contributed by atoms with Crippen molar-refractivity contribution in [3.8, 4) is 0 Å². The molecule has 0 unspecified atom stereocenters. The zero-order valence-electron chi connectivity index (χ0n) is 6.16. The Hall–Kier alpha value is -1.12. The quantitative estimate of drug-likeness (QED) is 0.537. The van der Waals surface area contributed by atoms with Gasteiger partial charge in [-0.25, -0.2) is 17.7 Å². The highest BCUT2D eigenvalue weighted by atomic mass is 35.7. The maximum atomic E-state index is 12.7. The van der Waals surface area contributed by atoms with Gasteiger partial charge in [-0.3, -0.25) is 0 Å². The van der Waals surface area contributed by atoms with E-state index < -0.39 is 14.9 Å². The Bertz CT molecular complexity index is 478. The molecule has 0 heterocycles. The Balaban J connectivity index is 3.41. The first-order valence-corrected chi connectivity index (χ1v) is 5.38. The molecule has 0 bridgehead atoms. The molecule has 13 heavy (non-hydrogen) atoms. The van der Waals surface area contributed by atoms with E-state index in [2.05, 4.69) is 4.85 Å². The number of halogens is 2. The van der Waals surface area contributed by atoms with Crippen LogP contribution in [0.1, 0.15) is 0 Å². The second-order valence-electron chi connectivity index (χ2n) is 2.16. The fourth-order valence-electron chi connectivity index (χ4n) is 0.730. The van der Waals surface area contributed by atoms with Crippen molar-refractivity contribution in [2.45, 2.75) is 4.90 Å². The first-order chi connectivity index (χ1) is 5.95. The van der Waals surface area contributed by atoms with Crippen LogP contribution in [0.25, 0.3) is 4.85 Å². The molecule has 1 rings (SSSR count). The minimum atomic E-state index is -3.89. The number of rotatable bonds is 1. The SMILES string of the molecule is [C-]#[N+]c1cc(S(=O)(=O)Cl)ccc1F. The first-order valence-electron chi connectivity index (χ1n) is 3.07. The molecule has 0 N–H and O–H groups in total. The Morgan fingerprint density at radius 1 is 1.46 bits per heavy atom. The van der Waals surface area contributed by atoms with E-state index in [1.807, 2.05) is 0 Å². The molecule has 0 radical (unpaired) electrons. The molecule has 0 aromatic heterocycles. The molecule has 0 aliphatic carbocycles. The predicted molar refractivity (Wildman–Crippen MR) is 45.7 cm³/mol. The van der Waals surface area contributed by atoms with Crippen molar-refractivity contribution >= 4 is 25.4 Å². The first kappa shape index (κ1) is 9.96. The van der Waals surface area contributed by atoms with Gasteiger partial charge in [-0.05, 0) is 18.2 Å². The molecular formula is C7H3ClFNO2S. The van der Waals surface area contributed by atoms with Gasteiger partial charge in [0.25, 0.3) is 9.05 Å². The van der Waals surface area contributed by atoms with E-state index in [4.69, 9.17) is 17.3 Å². The van der Waals surface area contributed by atoms with Crippen LogP contribution >= 0.6 is 10.7 Å². The third-order valence-corrected chi connectivity index (χ3v) is 2.67. The molecular weight excluding hydrogens is 217 g/mol. The zero-order valence-corrected chi connectivity index (χ0v) is 7.73. The van der Waals surface area contributed by atoms with Crippen LogP contribution in [-0.4, -0.2) is 8.42 Å². The van der Waals surface area contributed by atoms with Crippen LogP contribution < -0.4 is 0 Å². The summed E-state index contributed by atoms with van der Waals surface area (Å²) in [4.78, 5) is 2.52. The van der Waals surface area contributed by atoms with E-state index >= 15 is 0 Å². The van der Waals surface area contributed by atoms with Gasteiger partial charge in [0, 0.05) is 10.7 Å². The maximum absolute atomic E-state index is 12.7. The van der Waals surface area contributed by atoms with Crippen molar-refractivity contribution in [3.63, 3.8) is 0 Å². The third-order valence-electron chi connectivity index (χ3n) is 1.32. The lowest BCUT2D eigenvalue weighted by atomic mass is 10.3. The van der Waals surface area contributed by atoms with Crippen molar-refractivity contribution in [1.82, 2.24) is 0 Å². The Labute approximate surface area is 79.0 Å². The topological polar surface area (TPSA) is 38.5 Å². The molecule has 0 amide bonds. The van der Waals surface area contributed by atoms with Gasteiger partial charge in [0.1, 0.15) is 5.82 Å². The molecule has 0 saturated heterocycles. The van der Waals surface area contributed by atoms with E-state index in [1.165, 1.54) is 0 Å². The van der Waals surface area contributed by atoms with E-state index in [0.29, 0.717) is 0 Å². The summed E-state index contributed by atoms with van der Waals surface area (Å²) < 4.78 is 34.2. The van der Waals surface area contributed by atoms with Crippen molar-refractivity contribution in [3.05, 3.63) is 35.4 Å². The number of hydrogen-bond acceptors (Lipinski definition) is 2. The summed E-state index contributed by atoms with van der Waals surface area (Å²) in [5.74, 6) is -0.765. The van der Waals surface area contributed by atoms with Crippen molar-refractivity contribution in [2.24, 2.45) is 0 Å². The van der Waals surface area contributed by atoms with Gasteiger partial charge in [-0.1, -0.05) is 0 Å². The zero-order chi connectivity index (χ0) is 10.1. The van der Waals surface area contributed by atoms with Gasteiger partial charge < -0.3 is 0 Å². The monoisotopic (exact) mass is 219 g/mol. The Morgan fingerprint density at radius 3 is 2.54 bits per heavy atom. The van der Waals surface area contributed by atoms with Crippen LogP contribution in [0.5, 0.6) is 0 Å². The Kier molecular flexibility index (Phi) is 2.55. The summed E-state index contributed by atoms with van der Waals surface area (Å²) >= 11 is 0.